The summed E-state index contributed by atoms with van der Waals surface area (Å²) in [5, 5.41) is 3.53. The lowest BCUT2D eigenvalue weighted by Crippen LogP contribution is -2.28. The predicted octanol–water partition coefficient (Wildman–Crippen LogP) is 16.5. The molecule has 0 spiro atoms. The van der Waals surface area contributed by atoms with Crippen LogP contribution in [-0.2, 0) is 5.41 Å². The molecule has 3 heteroatoms. The smallest absolute Gasteiger partial charge is 0.160 e. The first-order chi connectivity index (χ1) is 34.2. The zero-order valence-corrected chi connectivity index (χ0v) is 37.7. The van der Waals surface area contributed by atoms with Crippen LogP contribution < -0.4 is 0 Å². The van der Waals surface area contributed by atoms with E-state index in [4.69, 9.17) is 15.0 Å². The zero-order valence-electron chi connectivity index (χ0n) is 37.7. The number of fused-ring (bicyclic) bond motifs is 7. The summed E-state index contributed by atoms with van der Waals surface area (Å²) in [6.07, 6.45) is 0. The second kappa shape index (κ2) is 16.7. The highest BCUT2D eigenvalue weighted by molar-refractivity contribution is 6.19. The molecule has 0 unspecified atom stereocenters. The summed E-state index contributed by atoms with van der Waals surface area (Å²) in [4.78, 5) is 15.7. The molecule has 0 saturated heterocycles. The van der Waals surface area contributed by atoms with Gasteiger partial charge in [-0.25, -0.2) is 15.0 Å². The number of aromatic nitrogens is 3. The molecular formula is C66H43N3. The SMILES string of the molecule is c1ccc(-c2ccc(-c3cc(-c4ccccc4)nc(-c4ccc(-c5ccc(-c6nc7ccccc7c7c8c(ccc67)C(c6ccccc6)(c6ccccc6)c6ccccc6-8)cc5)cc4)n3)cc2)cc1. The maximum absolute atomic E-state index is 5.42. The Morgan fingerprint density at radius 1 is 0.290 bits per heavy atom. The number of nitrogens with zero attached hydrogens (tertiary/aromatic N) is 3. The van der Waals surface area contributed by atoms with Gasteiger partial charge in [-0.05, 0) is 67.8 Å². The third-order valence-electron chi connectivity index (χ3n) is 14.0. The average Bonchev–Trinajstić information content (AvgIpc) is 3.75. The van der Waals surface area contributed by atoms with Crippen LogP contribution in [0.15, 0.2) is 261 Å². The van der Waals surface area contributed by atoms with E-state index in [-0.39, 0.29) is 0 Å². The number of rotatable bonds is 8. The molecule has 1 aliphatic rings. The van der Waals surface area contributed by atoms with Gasteiger partial charge in [-0.1, -0.05) is 249 Å². The summed E-state index contributed by atoms with van der Waals surface area (Å²) in [6, 6.07) is 93.4. The molecule has 0 fully saturated rings. The lowest BCUT2D eigenvalue weighted by molar-refractivity contribution is 0.769. The number of hydrogen-bond donors (Lipinski definition) is 0. The quantitative estimate of drug-likeness (QED) is 0.143. The molecule has 13 rings (SSSR count). The van der Waals surface area contributed by atoms with E-state index in [9.17, 15) is 0 Å². The van der Waals surface area contributed by atoms with Gasteiger partial charge >= 0.3 is 0 Å². The minimum atomic E-state index is -0.488. The van der Waals surface area contributed by atoms with E-state index < -0.39 is 5.41 Å². The van der Waals surface area contributed by atoms with Gasteiger partial charge in [0.2, 0.25) is 0 Å². The van der Waals surface area contributed by atoms with Crippen molar-refractivity contribution in [3.8, 4) is 78.5 Å². The van der Waals surface area contributed by atoms with E-state index in [1.165, 1.54) is 49.9 Å². The van der Waals surface area contributed by atoms with Crippen LogP contribution in [0.4, 0.5) is 0 Å². The van der Waals surface area contributed by atoms with E-state index in [1.807, 2.05) is 12.1 Å². The molecule has 1 aliphatic carbocycles. The fraction of sp³-hybridized carbons (Fsp3) is 0.0152. The second-order valence-corrected chi connectivity index (χ2v) is 17.8. The highest BCUT2D eigenvalue weighted by Crippen LogP contribution is 2.58. The minimum absolute atomic E-state index is 0.488. The summed E-state index contributed by atoms with van der Waals surface area (Å²) >= 11 is 0. The molecule has 69 heavy (non-hydrogen) atoms. The highest BCUT2D eigenvalue weighted by atomic mass is 14.9. The molecule has 3 nitrogen and oxygen atoms in total. The molecule has 0 saturated carbocycles. The van der Waals surface area contributed by atoms with Gasteiger partial charge < -0.3 is 0 Å². The molecule has 322 valence electrons. The largest absolute Gasteiger partial charge is 0.247 e. The number of hydrogen-bond acceptors (Lipinski definition) is 3. The van der Waals surface area contributed by atoms with Crippen molar-refractivity contribution in [1.29, 1.82) is 0 Å². The summed E-state index contributed by atoms with van der Waals surface area (Å²) in [5.74, 6) is 0.688. The zero-order chi connectivity index (χ0) is 45.7. The van der Waals surface area contributed by atoms with Crippen molar-refractivity contribution in [1.82, 2.24) is 15.0 Å². The molecular weight excluding hydrogens is 835 g/mol. The fourth-order valence-electron chi connectivity index (χ4n) is 10.8. The molecule has 2 heterocycles. The van der Waals surface area contributed by atoms with Crippen LogP contribution >= 0.6 is 0 Å². The summed E-state index contributed by atoms with van der Waals surface area (Å²) in [6.45, 7) is 0. The Labute approximate surface area is 401 Å². The van der Waals surface area contributed by atoms with Crippen molar-refractivity contribution < 1.29 is 0 Å². The molecule has 0 N–H and O–H groups in total. The van der Waals surface area contributed by atoms with Crippen LogP contribution in [0.1, 0.15) is 22.3 Å². The van der Waals surface area contributed by atoms with Crippen molar-refractivity contribution in [3.05, 3.63) is 283 Å². The molecule has 0 radical (unpaired) electrons. The van der Waals surface area contributed by atoms with E-state index in [1.54, 1.807) is 0 Å². The second-order valence-electron chi connectivity index (χ2n) is 17.8. The van der Waals surface area contributed by atoms with Gasteiger partial charge in [0.05, 0.1) is 28.0 Å². The lowest BCUT2D eigenvalue weighted by atomic mass is 9.67. The third kappa shape index (κ3) is 6.78. The maximum atomic E-state index is 5.42. The Bertz CT molecular complexity index is 3790. The van der Waals surface area contributed by atoms with Crippen molar-refractivity contribution in [2.75, 3.05) is 0 Å². The summed E-state index contributed by atoms with van der Waals surface area (Å²) in [5.41, 5.74) is 19.6. The normalized spacial score (nSPS) is 12.5. The molecule has 0 amide bonds. The first-order valence-corrected chi connectivity index (χ1v) is 23.6. The van der Waals surface area contributed by atoms with Crippen molar-refractivity contribution in [2.24, 2.45) is 0 Å². The van der Waals surface area contributed by atoms with E-state index >= 15 is 0 Å². The molecule has 0 bridgehead atoms. The predicted molar refractivity (Wildman–Crippen MR) is 285 cm³/mol. The van der Waals surface area contributed by atoms with Gasteiger partial charge in [0, 0.05) is 38.4 Å². The monoisotopic (exact) mass is 877 g/mol. The first kappa shape index (κ1) is 40.2. The standard InChI is InChI=1S/C66H43N3/c1-5-17-44(18-6-1)45-29-35-49(36-30-45)61-43-60(48-19-7-2-8-20-48)68-65(69-61)51-39-33-47(34-40-51)46-31-37-50(38-32-46)64-56-41-42-58-63(62(56)55-26-14-16-28-59(55)67-64)54-25-13-15-27-57(54)66(58,52-21-9-3-10-22-52)53-23-11-4-12-24-53/h1-43H. The molecule has 0 atom stereocenters. The molecule has 10 aromatic carbocycles. The first-order valence-electron chi connectivity index (χ1n) is 23.6. The topological polar surface area (TPSA) is 38.7 Å². The molecule has 0 aliphatic heterocycles. The highest BCUT2D eigenvalue weighted by Gasteiger charge is 2.46. The Morgan fingerprint density at radius 2 is 0.739 bits per heavy atom. The van der Waals surface area contributed by atoms with Crippen LogP contribution in [0, 0.1) is 0 Å². The Kier molecular flexibility index (Phi) is 9.73. The van der Waals surface area contributed by atoms with Crippen LogP contribution in [-0.4, -0.2) is 15.0 Å². The van der Waals surface area contributed by atoms with Gasteiger partial charge in [0.25, 0.3) is 0 Å². The minimum Gasteiger partial charge on any atom is -0.247 e. The fourth-order valence-corrected chi connectivity index (χ4v) is 10.8. The van der Waals surface area contributed by atoms with Crippen molar-refractivity contribution in [2.45, 2.75) is 5.41 Å². The summed E-state index contributed by atoms with van der Waals surface area (Å²) < 4.78 is 0. The van der Waals surface area contributed by atoms with Crippen molar-refractivity contribution in [3.63, 3.8) is 0 Å². The van der Waals surface area contributed by atoms with Crippen molar-refractivity contribution >= 4 is 21.7 Å². The van der Waals surface area contributed by atoms with Gasteiger partial charge in [0.1, 0.15) is 0 Å². The Hall–Kier alpha value is -9.05. The summed E-state index contributed by atoms with van der Waals surface area (Å²) in [7, 11) is 0. The van der Waals surface area contributed by atoms with E-state index in [0.717, 1.165) is 66.8 Å². The average molecular weight is 878 g/mol. The van der Waals surface area contributed by atoms with Gasteiger partial charge in [-0.2, -0.15) is 0 Å². The Morgan fingerprint density at radius 3 is 1.35 bits per heavy atom. The van der Waals surface area contributed by atoms with E-state index in [0.29, 0.717) is 5.82 Å². The van der Waals surface area contributed by atoms with Gasteiger partial charge in [-0.3, -0.25) is 0 Å². The molecule has 12 aromatic rings. The van der Waals surface area contributed by atoms with Gasteiger partial charge in [-0.15, -0.1) is 0 Å². The number of benzene rings is 10. The number of para-hydroxylation sites is 1. The van der Waals surface area contributed by atoms with E-state index in [2.05, 4.69) is 249 Å². The lowest BCUT2D eigenvalue weighted by Gasteiger charge is -2.34. The van der Waals surface area contributed by atoms with Crippen LogP contribution in [0.3, 0.4) is 0 Å². The van der Waals surface area contributed by atoms with Crippen LogP contribution in [0.25, 0.3) is 100 Å². The third-order valence-corrected chi connectivity index (χ3v) is 14.0. The molecule has 2 aromatic heterocycles. The van der Waals surface area contributed by atoms with Gasteiger partial charge in [0.15, 0.2) is 5.82 Å². The van der Waals surface area contributed by atoms with Crippen LogP contribution in [0.5, 0.6) is 0 Å². The number of pyridine rings is 1. The Balaban J connectivity index is 0.885. The van der Waals surface area contributed by atoms with Crippen LogP contribution in [0.2, 0.25) is 0 Å². The maximum Gasteiger partial charge on any atom is 0.160 e.